The van der Waals surface area contributed by atoms with Crippen molar-refractivity contribution in [3.8, 4) is 0 Å². The number of ether oxygens (including phenoxy) is 5. The molecular formula is C41H82Br2CuLiO6. The maximum atomic E-state index is 11.0. The van der Waals surface area contributed by atoms with Crippen molar-refractivity contribution in [1.29, 1.82) is 0 Å². The van der Waals surface area contributed by atoms with Gasteiger partial charge >= 0.3 is 45.5 Å². The number of hydrogen-bond acceptors (Lipinski definition) is 6. The van der Waals surface area contributed by atoms with Crippen LogP contribution in [-0.2, 0) is 39.8 Å². The summed E-state index contributed by atoms with van der Waals surface area (Å²) in [5, 5.41) is 0. The summed E-state index contributed by atoms with van der Waals surface area (Å²) in [7, 11) is 0. The fraction of sp³-hybridized carbons (Fsp3) is 0.878. The normalized spacial score (nSPS) is 11.3. The molecule has 0 aromatic heterocycles. The summed E-state index contributed by atoms with van der Waals surface area (Å²) in [6, 6.07) is 0. The van der Waals surface area contributed by atoms with E-state index >= 15 is 0 Å². The Balaban J connectivity index is -0.000000204. The molecule has 0 saturated carbocycles. The molecule has 0 rings (SSSR count). The Morgan fingerprint density at radius 3 is 1.31 bits per heavy atom. The van der Waals surface area contributed by atoms with Gasteiger partial charge in [0.1, 0.15) is 6.10 Å². The van der Waals surface area contributed by atoms with Gasteiger partial charge < -0.3 is 23.7 Å². The monoisotopic (exact) mass is 898 g/mol. The zero-order valence-corrected chi connectivity index (χ0v) is 39.1. The molecule has 1 radical (unpaired) electrons. The van der Waals surface area contributed by atoms with Crippen LogP contribution in [-0.4, -0.2) is 69.9 Å². The van der Waals surface area contributed by atoms with Crippen molar-refractivity contribution in [3.05, 3.63) is 24.8 Å². The van der Waals surface area contributed by atoms with E-state index in [-0.39, 0.29) is 49.4 Å². The Hall–Kier alpha value is 0.867. The van der Waals surface area contributed by atoms with Crippen molar-refractivity contribution < 1.29 is 39.8 Å². The standard InChI is InChI=1S/C18H36O2.C14H30O2.C9H16O2.2BrH.Cu.Li/c1-4-7-8-9-10-11-12-13-14-15-16-17-18(19-5-2)20-6-3;1-4-7-8-9-10-11-12-13-14(15-5-2)16-6-3;1-5-8(6-2)11-9(10)7(3)4;;;;/h7-8,18H,4-6,9-17H2,1-3H3;14H,4-13H2,1-3H3;5,7-8H,1,6H2,2-4H3;2*1H;;/q;;;;;+2;/p-2/b8-7+;;;;;;. The first-order valence-electron chi connectivity index (χ1n) is 20.0. The third-order valence-electron chi connectivity index (χ3n) is 7.57. The average molecular weight is 901 g/mol. The first kappa shape index (κ1) is 61.1. The van der Waals surface area contributed by atoms with Crippen molar-refractivity contribution in [1.82, 2.24) is 0 Å². The van der Waals surface area contributed by atoms with Crippen LogP contribution < -0.4 is 0 Å². The number of allylic oxidation sites excluding steroid dienone is 2. The fourth-order valence-electron chi connectivity index (χ4n) is 4.77. The van der Waals surface area contributed by atoms with Crippen molar-refractivity contribution in [2.75, 3.05) is 26.4 Å². The summed E-state index contributed by atoms with van der Waals surface area (Å²) in [5.74, 6) is -0.208. The van der Waals surface area contributed by atoms with Crippen molar-refractivity contribution in [2.24, 2.45) is 5.92 Å². The van der Waals surface area contributed by atoms with Gasteiger partial charge in [-0.2, -0.15) is 0 Å². The van der Waals surface area contributed by atoms with Crippen LogP contribution in [0.25, 0.3) is 0 Å². The Morgan fingerprint density at radius 2 is 1.00 bits per heavy atom. The van der Waals surface area contributed by atoms with Crippen LogP contribution in [0, 0.1) is 5.92 Å². The van der Waals surface area contributed by atoms with Crippen LogP contribution in [0.3, 0.4) is 0 Å². The molecule has 0 amide bonds. The molecule has 51 heavy (non-hydrogen) atoms. The van der Waals surface area contributed by atoms with E-state index in [2.05, 4.69) is 60.8 Å². The summed E-state index contributed by atoms with van der Waals surface area (Å²) in [6.45, 7) is 24.7. The molecule has 0 heterocycles. The minimum Gasteiger partial charge on any atom is 0 e. The molecule has 1 atom stereocenters. The summed E-state index contributed by atoms with van der Waals surface area (Å²) in [4.78, 5) is 11.0. The molecule has 0 aromatic carbocycles. The minimum absolute atomic E-state index is 0. The molecule has 0 aromatic rings. The van der Waals surface area contributed by atoms with Gasteiger partial charge in [0.2, 0.25) is 0 Å². The number of hydrogen-bond donors (Lipinski definition) is 0. The first-order chi connectivity index (χ1) is 24.2. The van der Waals surface area contributed by atoms with E-state index in [1.54, 1.807) is 6.08 Å². The van der Waals surface area contributed by atoms with Gasteiger partial charge in [-0.3, -0.25) is 4.79 Å². The predicted octanol–water partition coefficient (Wildman–Crippen LogP) is 13.8. The van der Waals surface area contributed by atoms with E-state index in [4.69, 9.17) is 23.7 Å². The number of halogens is 2. The summed E-state index contributed by atoms with van der Waals surface area (Å²) < 4.78 is 27.2. The molecule has 0 aliphatic heterocycles. The van der Waals surface area contributed by atoms with Crippen LogP contribution in [0.15, 0.2) is 24.8 Å². The summed E-state index contributed by atoms with van der Waals surface area (Å²) in [5.41, 5.74) is 0. The van der Waals surface area contributed by atoms with E-state index in [1.165, 1.54) is 114 Å². The van der Waals surface area contributed by atoms with Gasteiger partial charge in [0, 0.05) is 45.3 Å². The van der Waals surface area contributed by atoms with Gasteiger partial charge in [-0.25, -0.2) is 0 Å². The SMILES string of the molecule is C=CC(CC)OC(=O)C(C)C.CC/C=C/CCCCCCCCCC(OCC)OCC.CCCCCCCCCC(OCC)OCC.[Br][Cu][Br].[Li]. The molecule has 0 bridgehead atoms. The summed E-state index contributed by atoms with van der Waals surface area (Å²) in [6.07, 6.45) is 30.3. The number of carbonyl (C=O) groups is 1. The van der Waals surface area contributed by atoms with Crippen molar-refractivity contribution in [2.45, 2.75) is 203 Å². The van der Waals surface area contributed by atoms with Crippen molar-refractivity contribution >= 4 is 53.1 Å². The van der Waals surface area contributed by atoms with Crippen LogP contribution in [0.5, 0.6) is 0 Å². The Bertz CT molecular complexity index is 664. The largest absolute Gasteiger partial charge is 0 e. The Kier molecular flexibility index (Phi) is 66.1. The van der Waals surface area contributed by atoms with Gasteiger partial charge in [-0.1, -0.05) is 130 Å². The molecule has 6 nitrogen and oxygen atoms in total. The van der Waals surface area contributed by atoms with E-state index in [0.29, 0.717) is 0 Å². The number of rotatable bonds is 31. The summed E-state index contributed by atoms with van der Waals surface area (Å²) >= 11 is 7.38. The van der Waals surface area contributed by atoms with Crippen LogP contribution in [0.4, 0.5) is 0 Å². The molecule has 0 spiro atoms. The molecule has 0 N–H and O–H groups in total. The zero-order chi connectivity index (χ0) is 38.5. The Labute approximate surface area is 350 Å². The predicted molar refractivity (Wildman–Crippen MR) is 226 cm³/mol. The van der Waals surface area contributed by atoms with Gasteiger partial charge in [0.15, 0.2) is 12.6 Å². The second-order valence-corrected chi connectivity index (χ2v) is 17.1. The van der Waals surface area contributed by atoms with Crippen molar-refractivity contribution in [3.63, 3.8) is 0 Å². The van der Waals surface area contributed by atoms with Crippen LogP contribution in [0.2, 0.25) is 0 Å². The Morgan fingerprint density at radius 1 is 0.627 bits per heavy atom. The van der Waals surface area contributed by atoms with E-state index < -0.39 is 0 Å². The molecular weight excluding hydrogens is 819 g/mol. The number of carbonyl (C=O) groups excluding carboxylic acids is 1. The topological polar surface area (TPSA) is 63.2 Å². The van der Waals surface area contributed by atoms with Gasteiger partial charge in [0.25, 0.3) is 0 Å². The molecule has 0 fully saturated rings. The van der Waals surface area contributed by atoms with E-state index in [0.717, 1.165) is 45.7 Å². The molecule has 0 aliphatic carbocycles. The molecule has 1 unspecified atom stereocenters. The first-order valence-corrected chi connectivity index (χ1v) is 24.6. The van der Waals surface area contributed by atoms with Gasteiger partial charge in [-0.15, -0.1) is 0 Å². The van der Waals surface area contributed by atoms with E-state index in [9.17, 15) is 4.79 Å². The van der Waals surface area contributed by atoms with Gasteiger partial charge in [-0.05, 0) is 79.1 Å². The molecule has 308 valence electrons. The quantitative estimate of drug-likeness (QED) is 0.0227. The third kappa shape index (κ3) is 55.3. The molecule has 0 saturated heterocycles. The average Bonchev–Trinajstić information content (AvgIpc) is 3.10. The third-order valence-corrected chi connectivity index (χ3v) is 7.57. The maximum absolute atomic E-state index is 11.0. The zero-order valence-electron chi connectivity index (χ0n) is 35.0. The smallest absolute Gasteiger partial charge is 0 e. The second-order valence-electron chi connectivity index (χ2n) is 12.3. The molecule has 10 heteroatoms. The number of unbranched alkanes of at least 4 members (excludes halogenated alkanes) is 13. The number of esters is 1. The van der Waals surface area contributed by atoms with Gasteiger partial charge in [0.05, 0.1) is 5.92 Å². The van der Waals surface area contributed by atoms with E-state index in [1.807, 2.05) is 48.5 Å². The fourth-order valence-corrected chi connectivity index (χ4v) is 4.77. The van der Waals surface area contributed by atoms with Crippen LogP contribution >= 0.6 is 28.2 Å². The maximum Gasteiger partial charge on any atom is 0 e. The molecule has 0 aliphatic rings. The minimum atomic E-state index is -0.156. The second kappa shape index (κ2) is 55.2. The van der Waals surface area contributed by atoms with Crippen LogP contribution in [0.1, 0.15) is 184 Å².